The molecule has 1 amide bonds. The molecule has 0 aromatic heterocycles. The number of phenolic OH excluding ortho intramolecular Hbond substituents is 1. The van der Waals surface area contributed by atoms with E-state index in [-0.39, 0.29) is 11.7 Å². The highest BCUT2D eigenvalue weighted by molar-refractivity contribution is 5.90. The molecule has 0 unspecified atom stereocenters. The first-order valence-electron chi connectivity index (χ1n) is 3.17. The lowest BCUT2D eigenvalue weighted by Gasteiger charge is -2.02. The molecular formula is C8H8NO2. The van der Waals surface area contributed by atoms with Crippen LogP contribution in [0.4, 0.5) is 5.69 Å². The molecule has 11 heavy (non-hydrogen) atoms. The number of aromatic hydroxyl groups is 1. The molecule has 1 radical (unpaired) electrons. The van der Waals surface area contributed by atoms with Crippen molar-refractivity contribution in [3.05, 3.63) is 24.3 Å². The number of carbonyl (C=O) groups excluding carboxylic acids is 1. The van der Waals surface area contributed by atoms with Crippen LogP contribution in [0.1, 0.15) is 6.92 Å². The van der Waals surface area contributed by atoms with E-state index in [1.54, 1.807) is 12.1 Å². The van der Waals surface area contributed by atoms with Crippen LogP contribution in [-0.4, -0.2) is 11.0 Å². The molecule has 0 bridgehead atoms. The van der Waals surface area contributed by atoms with E-state index in [0.29, 0.717) is 5.69 Å². The maximum Gasteiger partial charge on any atom is 0.221 e. The van der Waals surface area contributed by atoms with Crippen LogP contribution in [0.25, 0.3) is 0 Å². The molecule has 3 nitrogen and oxygen atoms in total. The molecule has 1 rings (SSSR count). The fraction of sp³-hybridized carbons (Fsp3) is 0.125. The molecule has 1 aromatic carbocycles. The highest BCUT2D eigenvalue weighted by Gasteiger charge is 1.99. The lowest BCUT2D eigenvalue weighted by atomic mass is 10.3. The Balaban J connectivity index is 2.86. The first-order valence-corrected chi connectivity index (χ1v) is 3.17. The molecule has 0 spiro atoms. The number of rotatable bonds is 1. The molecule has 0 atom stereocenters. The van der Waals surface area contributed by atoms with E-state index in [4.69, 9.17) is 5.11 Å². The second-order valence-corrected chi connectivity index (χ2v) is 2.12. The number of hydrogen-bond acceptors (Lipinski definition) is 2. The molecular weight excluding hydrogens is 142 g/mol. The predicted octanol–water partition coefficient (Wildman–Crippen LogP) is 1.15. The molecule has 3 heteroatoms. The van der Waals surface area contributed by atoms with Crippen molar-refractivity contribution in [3.8, 4) is 5.75 Å². The van der Waals surface area contributed by atoms with Gasteiger partial charge < -0.3 is 10.4 Å². The zero-order valence-electron chi connectivity index (χ0n) is 6.09. The van der Waals surface area contributed by atoms with Gasteiger partial charge in [-0.25, -0.2) is 0 Å². The number of phenols is 1. The smallest absolute Gasteiger partial charge is 0.221 e. The van der Waals surface area contributed by atoms with Crippen LogP contribution in [0.15, 0.2) is 18.2 Å². The third kappa shape index (κ3) is 1.97. The number of carbonyl (C=O) groups is 1. The van der Waals surface area contributed by atoms with Gasteiger partial charge in [-0.1, -0.05) is 6.07 Å². The van der Waals surface area contributed by atoms with Crippen molar-refractivity contribution in [1.29, 1.82) is 0 Å². The van der Waals surface area contributed by atoms with E-state index in [2.05, 4.69) is 11.4 Å². The van der Waals surface area contributed by atoms with Crippen LogP contribution in [0.3, 0.4) is 0 Å². The van der Waals surface area contributed by atoms with Crippen molar-refractivity contribution in [2.75, 3.05) is 5.32 Å². The third-order valence-electron chi connectivity index (χ3n) is 1.15. The number of amides is 1. The Kier molecular flexibility index (Phi) is 2.11. The second kappa shape index (κ2) is 3.05. The third-order valence-corrected chi connectivity index (χ3v) is 1.15. The van der Waals surface area contributed by atoms with Crippen molar-refractivity contribution in [2.45, 2.75) is 6.92 Å². The summed E-state index contributed by atoms with van der Waals surface area (Å²) in [5.41, 5.74) is 0.413. The summed E-state index contributed by atoms with van der Waals surface area (Å²) in [6.45, 7) is 1.39. The van der Waals surface area contributed by atoms with Crippen molar-refractivity contribution < 1.29 is 9.90 Å². The first kappa shape index (κ1) is 7.60. The van der Waals surface area contributed by atoms with Gasteiger partial charge in [0.2, 0.25) is 5.91 Å². The fourth-order valence-corrected chi connectivity index (χ4v) is 0.717. The summed E-state index contributed by atoms with van der Waals surface area (Å²) in [5, 5.41) is 11.6. The summed E-state index contributed by atoms with van der Waals surface area (Å²) < 4.78 is 0. The van der Waals surface area contributed by atoms with E-state index in [1.165, 1.54) is 13.0 Å². The van der Waals surface area contributed by atoms with Crippen molar-refractivity contribution in [1.82, 2.24) is 0 Å². The zero-order chi connectivity index (χ0) is 8.27. The Morgan fingerprint density at radius 2 is 2.45 bits per heavy atom. The van der Waals surface area contributed by atoms with Gasteiger partial charge in [-0.2, -0.15) is 0 Å². The van der Waals surface area contributed by atoms with E-state index in [9.17, 15) is 4.79 Å². The van der Waals surface area contributed by atoms with Crippen LogP contribution in [0.2, 0.25) is 0 Å². The van der Waals surface area contributed by atoms with Gasteiger partial charge in [0.25, 0.3) is 0 Å². The maximum absolute atomic E-state index is 10.5. The molecule has 0 saturated heterocycles. The van der Waals surface area contributed by atoms with Gasteiger partial charge in [0.15, 0.2) is 0 Å². The number of nitrogens with one attached hydrogen (secondary N) is 1. The van der Waals surface area contributed by atoms with Crippen LogP contribution in [-0.2, 0) is 4.79 Å². The predicted molar refractivity (Wildman–Crippen MR) is 41.2 cm³/mol. The van der Waals surface area contributed by atoms with Gasteiger partial charge in [0, 0.05) is 6.92 Å². The molecule has 1 aromatic rings. The summed E-state index contributed by atoms with van der Waals surface area (Å²) >= 11 is 0. The highest BCUT2D eigenvalue weighted by Crippen LogP contribution is 2.20. The topological polar surface area (TPSA) is 49.3 Å². The molecule has 0 aliphatic carbocycles. The monoisotopic (exact) mass is 150 g/mol. The van der Waals surface area contributed by atoms with E-state index in [1.807, 2.05) is 0 Å². The lowest BCUT2D eigenvalue weighted by molar-refractivity contribution is -0.114. The Morgan fingerprint density at radius 1 is 1.73 bits per heavy atom. The summed E-state index contributed by atoms with van der Waals surface area (Å²) in [7, 11) is 0. The molecule has 0 fully saturated rings. The Morgan fingerprint density at radius 3 is 3.00 bits per heavy atom. The van der Waals surface area contributed by atoms with Crippen molar-refractivity contribution in [3.63, 3.8) is 0 Å². The minimum Gasteiger partial charge on any atom is -0.506 e. The van der Waals surface area contributed by atoms with Gasteiger partial charge in [0.05, 0.1) is 5.69 Å². The Hall–Kier alpha value is -1.51. The number of hydrogen-bond donors (Lipinski definition) is 2. The van der Waals surface area contributed by atoms with Gasteiger partial charge in [-0.05, 0) is 18.2 Å². The average Bonchev–Trinajstić information content (AvgIpc) is 1.93. The summed E-state index contributed by atoms with van der Waals surface area (Å²) in [4.78, 5) is 10.5. The van der Waals surface area contributed by atoms with Crippen molar-refractivity contribution in [2.24, 2.45) is 0 Å². The van der Waals surface area contributed by atoms with Crippen LogP contribution >= 0.6 is 0 Å². The van der Waals surface area contributed by atoms with Gasteiger partial charge in [-0.15, -0.1) is 0 Å². The van der Waals surface area contributed by atoms with Gasteiger partial charge in [0.1, 0.15) is 5.75 Å². The highest BCUT2D eigenvalue weighted by atomic mass is 16.3. The van der Waals surface area contributed by atoms with Crippen molar-refractivity contribution >= 4 is 11.6 Å². The molecule has 0 saturated carbocycles. The average molecular weight is 150 g/mol. The normalized spacial score (nSPS) is 9.18. The molecule has 2 N–H and O–H groups in total. The minimum atomic E-state index is -0.202. The molecule has 0 heterocycles. The Bertz CT molecular complexity index is 271. The van der Waals surface area contributed by atoms with E-state index >= 15 is 0 Å². The standard InChI is InChI=1S/C8H8NO2/c1-6(10)9-7-4-2-3-5-8(7)11/h2,4-5,11H,1H3,(H,9,10). The van der Waals surface area contributed by atoms with Gasteiger partial charge in [-0.3, -0.25) is 4.79 Å². The molecule has 57 valence electrons. The first-order chi connectivity index (χ1) is 5.20. The minimum absolute atomic E-state index is 0.0303. The SMILES string of the molecule is CC(=O)Nc1cc[c]cc1O. The van der Waals surface area contributed by atoms with Gasteiger partial charge >= 0.3 is 0 Å². The largest absolute Gasteiger partial charge is 0.506 e. The maximum atomic E-state index is 10.5. The fourth-order valence-electron chi connectivity index (χ4n) is 0.717. The molecule has 0 aliphatic rings. The Labute approximate surface area is 64.7 Å². The number of anilines is 1. The van der Waals surface area contributed by atoms with E-state index in [0.717, 1.165) is 0 Å². The van der Waals surface area contributed by atoms with Crippen LogP contribution in [0.5, 0.6) is 5.75 Å². The summed E-state index contributed by atoms with van der Waals surface area (Å²) in [5.74, 6) is -0.172. The summed E-state index contributed by atoms with van der Waals surface area (Å²) in [6, 6.07) is 7.26. The van der Waals surface area contributed by atoms with Crippen LogP contribution < -0.4 is 5.32 Å². The number of benzene rings is 1. The quantitative estimate of drug-likeness (QED) is 0.590. The summed E-state index contributed by atoms with van der Waals surface area (Å²) in [6.07, 6.45) is 0. The zero-order valence-corrected chi connectivity index (χ0v) is 6.09. The van der Waals surface area contributed by atoms with E-state index < -0.39 is 0 Å². The lowest BCUT2D eigenvalue weighted by Crippen LogP contribution is -2.05. The van der Waals surface area contributed by atoms with Crippen LogP contribution in [0, 0.1) is 6.07 Å². The second-order valence-electron chi connectivity index (χ2n) is 2.12. The molecule has 0 aliphatic heterocycles.